The molecule has 0 heterocycles. The van der Waals surface area contributed by atoms with Gasteiger partial charge in [-0.3, -0.25) is 15.1 Å². The van der Waals surface area contributed by atoms with Crippen molar-refractivity contribution in [3.8, 4) is 5.75 Å². The van der Waals surface area contributed by atoms with Crippen LogP contribution in [0.25, 0.3) is 0 Å². The molecule has 0 aliphatic heterocycles. The molecule has 0 unspecified atom stereocenters. The predicted octanol–water partition coefficient (Wildman–Crippen LogP) is 1.25. The number of guanidine groups is 1. The highest BCUT2D eigenvalue weighted by Gasteiger charge is 2.17. The number of hydrogen-bond acceptors (Lipinski definition) is 6. The summed E-state index contributed by atoms with van der Waals surface area (Å²) in [5.41, 5.74) is 0.663. The summed E-state index contributed by atoms with van der Waals surface area (Å²) >= 11 is 0. The predicted molar refractivity (Wildman–Crippen MR) is 109 cm³/mol. The number of methoxy groups -OCH3 is 1. The van der Waals surface area contributed by atoms with Gasteiger partial charge in [0.1, 0.15) is 5.75 Å². The van der Waals surface area contributed by atoms with Crippen molar-refractivity contribution in [1.29, 1.82) is 0 Å². The molecule has 0 saturated carbocycles. The number of rotatable bonds is 9. The normalized spacial score (nSPS) is 11.7. The lowest BCUT2D eigenvalue weighted by Crippen LogP contribution is -2.41. The highest BCUT2D eigenvalue weighted by Crippen LogP contribution is 2.17. The Morgan fingerprint density at radius 3 is 2.59 bits per heavy atom. The Kier molecular flexibility index (Phi) is 7.92. The van der Waals surface area contributed by atoms with Crippen LogP contribution in [0.1, 0.15) is 5.56 Å². The number of sulfonamides is 1. The molecule has 0 radical (unpaired) electrons. The molecule has 2 aromatic carbocycles. The molecule has 0 fully saturated rings. The van der Waals surface area contributed by atoms with Gasteiger partial charge in [0.15, 0.2) is 5.96 Å². The second-order valence-electron chi connectivity index (χ2n) is 5.82. The molecule has 29 heavy (non-hydrogen) atoms. The van der Waals surface area contributed by atoms with Crippen LogP contribution in [0.4, 0.5) is 5.69 Å². The zero-order valence-electron chi connectivity index (χ0n) is 16.1. The van der Waals surface area contributed by atoms with E-state index in [9.17, 15) is 18.5 Å². The SMILES string of the molecule is CN=C(NCCNS(=O)(=O)c1cccc([N+](=O)[O-])c1)NCc1ccccc1OC. The molecular weight excluding hydrogens is 398 g/mol. The molecule has 0 aliphatic rings. The highest BCUT2D eigenvalue weighted by atomic mass is 32.2. The number of ether oxygens (including phenoxy) is 1. The van der Waals surface area contributed by atoms with Crippen molar-refractivity contribution in [3.63, 3.8) is 0 Å². The van der Waals surface area contributed by atoms with Crippen molar-refractivity contribution in [2.75, 3.05) is 27.2 Å². The lowest BCUT2D eigenvalue weighted by Gasteiger charge is -2.14. The van der Waals surface area contributed by atoms with Crippen molar-refractivity contribution in [2.45, 2.75) is 11.4 Å². The number of hydrogen-bond donors (Lipinski definition) is 3. The number of nitrogens with zero attached hydrogens (tertiary/aromatic N) is 2. The van der Waals surface area contributed by atoms with Gasteiger partial charge in [-0.1, -0.05) is 24.3 Å². The summed E-state index contributed by atoms with van der Waals surface area (Å²) in [7, 11) is -0.658. The second kappa shape index (κ2) is 10.4. The van der Waals surface area contributed by atoms with E-state index in [0.29, 0.717) is 12.5 Å². The van der Waals surface area contributed by atoms with Crippen LogP contribution in [-0.4, -0.2) is 46.5 Å². The minimum Gasteiger partial charge on any atom is -0.496 e. The van der Waals surface area contributed by atoms with E-state index in [1.807, 2.05) is 24.3 Å². The molecule has 0 spiro atoms. The lowest BCUT2D eigenvalue weighted by molar-refractivity contribution is -0.385. The van der Waals surface area contributed by atoms with E-state index < -0.39 is 14.9 Å². The van der Waals surface area contributed by atoms with Crippen LogP contribution in [0.2, 0.25) is 0 Å². The van der Waals surface area contributed by atoms with E-state index in [4.69, 9.17) is 4.74 Å². The zero-order valence-corrected chi connectivity index (χ0v) is 16.9. The number of benzene rings is 2. The summed E-state index contributed by atoms with van der Waals surface area (Å²) in [6.45, 7) is 0.809. The summed E-state index contributed by atoms with van der Waals surface area (Å²) in [6.07, 6.45) is 0. The number of para-hydroxylation sites is 1. The molecule has 0 bridgehead atoms. The van der Waals surface area contributed by atoms with Gasteiger partial charge in [0.25, 0.3) is 5.69 Å². The summed E-state index contributed by atoms with van der Waals surface area (Å²) in [6, 6.07) is 12.4. The van der Waals surface area contributed by atoms with Crippen molar-refractivity contribution >= 4 is 21.7 Å². The Balaban J connectivity index is 1.85. The molecule has 2 rings (SSSR count). The van der Waals surface area contributed by atoms with E-state index in [1.54, 1.807) is 14.2 Å². The Bertz CT molecular complexity index is 978. The Morgan fingerprint density at radius 1 is 1.14 bits per heavy atom. The van der Waals surface area contributed by atoms with Crippen molar-refractivity contribution in [2.24, 2.45) is 4.99 Å². The molecule has 0 amide bonds. The van der Waals surface area contributed by atoms with Crippen LogP contribution < -0.4 is 20.1 Å². The summed E-state index contributed by atoms with van der Waals surface area (Å²) in [4.78, 5) is 14.1. The first-order valence-corrected chi connectivity index (χ1v) is 10.2. The van der Waals surface area contributed by atoms with Crippen molar-refractivity contribution in [1.82, 2.24) is 15.4 Å². The molecule has 11 heteroatoms. The van der Waals surface area contributed by atoms with Gasteiger partial charge in [0.05, 0.1) is 16.9 Å². The Hall–Kier alpha value is -3.18. The lowest BCUT2D eigenvalue weighted by atomic mass is 10.2. The van der Waals surface area contributed by atoms with Crippen LogP contribution in [-0.2, 0) is 16.6 Å². The van der Waals surface area contributed by atoms with Crippen LogP contribution in [0.5, 0.6) is 5.75 Å². The molecule has 3 N–H and O–H groups in total. The standard InChI is InChI=1S/C18H23N5O5S/c1-19-18(21-13-14-6-3-4-9-17(14)28-2)20-10-11-22-29(26,27)16-8-5-7-15(12-16)23(24)25/h3-9,12,22H,10-11,13H2,1-2H3,(H2,19,20,21). The van der Waals surface area contributed by atoms with Crippen molar-refractivity contribution < 1.29 is 18.1 Å². The van der Waals surface area contributed by atoms with Crippen molar-refractivity contribution in [3.05, 3.63) is 64.2 Å². The molecular formula is C18H23N5O5S. The van der Waals surface area contributed by atoms with Crippen LogP contribution >= 0.6 is 0 Å². The van der Waals surface area contributed by atoms with Gasteiger partial charge in [-0.2, -0.15) is 0 Å². The highest BCUT2D eigenvalue weighted by molar-refractivity contribution is 7.89. The number of nitro groups is 1. The van der Waals surface area contributed by atoms with Gasteiger partial charge < -0.3 is 15.4 Å². The molecule has 0 saturated heterocycles. The fourth-order valence-electron chi connectivity index (χ4n) is 2.46. The largest absolute Gasteiger partial charge is 0.496 e. The van der Waals surface area contributed by atoms with Gasteiger partial charge in [0.2, 0.25) is 10.0 Å². The number of nitro benzene ring substituents is 1. The first kappa shape index (κ1) is 22.1. The third-order valence-electron chi connectivity index (χ3n) is 3.91. The smallest absolute Gasteiger partial charge is 0.270 e. The quantitative estimate of drug-likeness (QED) is 0.182. The Labute approximate surface area is 169 Å². The summed E-state index contributed by atoms with van der Waals surface area (Å²) in [5, 5.41) is 16.9. The number of aliphatic imine (C=N–C) groups is 1. The fourth-order valence-corrected chi connectivity index (χ4v) is 3.53. The molecule has 0 aliphatic carbocycles. The number of nitrogens with one attached hydrogen (secondary N) is 3. The molecule has 0 aromatic heterocycles. The van der Waals surface area contributed by atoms with E-state index in [2.05, 4.69) is 20.3 Å². The maximum absolute atomic E-state index is 12.3. The first-order valence-electron chi connectivity index (χ1n) is 8.68. The van der Waals surface area contributed by atoms with E-state index in [-0.39, 0.29) is 23.7 Å². The van der Waals surface area contributed by atoms with Crippen LogP contribution in [0.3, 0.4) is 0 Å². The summed E-state index contributed by atoms with van der Waals surface area (Å²) in [5.74, 6) is 1.24. The van der Waals surface area contributed by atoms with Gasteiger partial charge in [0, 0.05) is 44.4 Å². The van der Waals surface area contributed by atoms with E-state index in [0.717, 1.165) is 17.4 Å². The topological polar surface area (TPSA) is 135 Å². The van der Waals surface area contributed by atoms with Gasteiger partial charge in [-0.05, 0) is 12.1 Å². The molecule has 0 atom stereocenters. The maximum Gasteiger partial charge on any atom is 0.270 e. The van der Waals surface area contributed by atoms with Gasteiger partial charge in [-0.15, -0.1) is 0 Å². The average molecular weight is 421 g/mol. The zero-order chi connectivity index (χ0) is 21.3. The number of non-ortho nitro benzene ring substituents is 1. The first-order chi connectivity index (χ1) is 13.9. The summed E-state index contributed by atoms with van der Waals surface area (Å²) < 4.78 is 32.3. The fraction of sp³-hybridized carbons (Fsp3) is 0.278. The van der Waals surface area contributed by atoms with E-state index >= 15 is 0 Å². The van der Waals surface area contributed by atoms with Crippen LogP contribution in [0.15, 0.2) is 58.4 Å². The monoisotopic (exact) mass is 421 g/mol. The van der Waals surface area contributed by atoms with Gasteiger partial charge in [-0.25, -0.2) is 13.1 Å². The Morgan fingerprint density at radius 2 is 1.90 bits per heavy atom. The van der Waals surface area contributed by atoms with Crippen LogP contribution in [0, 0.1) is 10.1 Å². The minimum atomic E-state index is -3.86. The third-order valence-corrected chi connectivity index (χ3v) is 5.37. The minimum absolute atomic E-state index is 0.0698. The molecule has 10 nitrogen and oxygen atoms in total. The van der Waals surface area contributed by atoms with Gasteiger partial charge >= 0.3 is 0 Å². The average Bonchev–Trinajstić information content (AvgIpc) is 2.73. The molecule has 2 aromatic rings. The maximum atomic E-state index is 12.3. The van der Waals surface area contributed by atoms with E-state index in [1.165, 1.54) is 18.2 Å². The second-order valence-corrected chi connectivity index (χ2v) is 7.58. The third kappa shape index (κ3) is 6.43. The molecule has 156 valence electrons.